The van der Waals surface area contributed by atoms with E-state index >= 15 is 0 Å². The summed E-state index contributed by atoms with van der Waals surface area (Å²) >= 11 is 0. The molecule has 3 N–H and O–H groups in total. The van der Waals surface area contributed by atoms with Crippen LogP contribution in [0.2, 0.25) is 0 Å². The Hall–Kier alpha value is -2.86. The number of anilines is 2. The first kappa shape index (κ1) is 19.5. The SMILES string of the molecule is CCC=CCOc1cccc(NC(=O)c2cc(C)c(COC)nc2N)c1. The molecular formula is C20H25N3O3. The number of nitrogens with one attached hydrogen (secondary N) is 1. The molecule has 0 unspecified atom stereocenters. The molecule has 2 aromatic rings. The minimum Gasteiger partial charge on any atom is -0.489 e. The fraction of sp³-hybridized carbons (Fsp3) is 0.300. The van der Waals surface area contributed by atoms with E-state index in [2.05, 4.69) is 17.2 Å². The van der Waals surface area contributed by atoms with Crippen LogP contribution in [0.15, 0.2) is 42.5 Å². The Bertz CT molecular complexity index is 788. The normalized spacial score (nSPS) is 10.9. The molecule has 0 fully saturated rings. The lowest BCUT2D eigenvalue weighted by Gasteiger charge is -2.12. The van der Waals surface area contributed by atoms with Gasteiger partial charge in [-0.15, -0.1) is 0 Å². The van der Waals surface area contributed by atoms with Crippen LogP contribution in [-0.2, 0) is 11.3 Å². The molecule has 1 aromatic heterocycles. The van der Waals surface area contributed by atoms with E-state index in [4.69, 9.17) is 15.2 Å². The minimum atomic E-state index is -0.315. The number of ether oxygens (including phenoxy) is 2. The number of carbonyl (C=O) groups excluding carboxylic acids is 1. The van der Waals surface area contributed by atoms with Gasteiger partial charge in [-0.25, -0.2) is 4.98 Å². The fourth-order valence-electron chi connectivity index (χ4n) is 2.37. The first-order chi connectivity index (χ1) is 12.5. The van der Waals surface area contributed by atoms with Crippen molar-refractivity contribution < 1.29 is 14.3 Å². The lowest BCUT2D eigenvalue weighted by Crippen LogP contribution is -2.16. The first-order valence-corrected chi connectivity index (χ1v) is 8.49. The molecule has 0 bridgehead atoms. The van der Waals surface area contributed by atoms with Crippen molar-refractivity contribution in [3.8, 4) is 5.75 Å². The number of pyridine rings is 1. The van der Waals surface area contributed by atoms with E-state index < -0.39 is 0 Å². The molecule has 0 saturated carbocycles. The molecule has 1 amide bonds. The summed E-state index contributed by atoms with van der Waals surface area (Å²) in [5.74, 6) is 0.545. The summed E-state index contributed by atoms with van der Waals surface area (Å²) < 4.78 is 10.7. The highest BCUT2D eigenvalue weighted by atomic mass is 16.5. The smallest absolute Gasteiger partial charge is 0.259 e. The van der Waals surface area contributed by atoms with Gasteiger partial charge in [0, 0.05) is 18.9 Å². The molecule has 0 aliphatic rings. The Morgan fingerprint density at radius 2 is 2.12 bits per heavy atom. The summed E-state index contributed by atoms with van der Waals surface area (Å²) in [6, 6.07) is 8.95. The molecular weight excluding hydrogens is 330 g/mol. The quantitative estimate of drug-likeness (QED) is 0.705. The van der Waals surface area contributed by atoms with E-state index in [1.165, 1.54) is 0 Å². The Balaban J connectivity index is 2.10. The number of aromatic nitrogens is 1. The summed E-state index contributed by atoms with van der Waals surface area (Å²) in [6.45, 7) is 4.78. The lowest BCUT2D eigenvalue weighted by molar-refractivity contribution is 0.102. The monoisotopic (exact) mass is 355 g/mol. The van der Waals surface area contributed by atoms with E-state index in [1.54, 1.807) is 25.3 Å². The predicted octanol–water partition coefficient (Wildman–Crippen LogP) is 3.72. The third kappa shape index (κ3) is 5.32. The van der Waals surface area contributed by atoms with E-state index in [-0.39, 0.29) is 11.7 Å². The standard InChI is InChI=1S/C20H25N3O3/c1-4-5-6-10-26-16-9-7-8-15(12-16)22-20(24)17-11-14(2)18(13-25-3)23-19(17)21/h5-9,11-12H,4,10,13H2,1-3H3,(H2,21,23)(H,22,24). The molecule has 0 saturated heterocycles. The Morgan fingerprint density at radius 3 is 2.85 bits per heavy atom. The summed E-state index contributed by atoms with van der Waals surface area (Å²) in [5.41, 5.74) is 8.47. The van der Waals surface area contributed by atoms with E-state index in [0.717, 1.165) is 17.7 Å². The summed E-state index contributed by atoms with van der Waals surface area (Å²) in [5, 5.41) is 2.83. The van der Waals surface area contributed by atoms with Crippen molar-refractivity contribution in [2.75, 3.05) is 24.8 Å². The number of amides is 1. The average Bonchev–Trinajstić information content (AvgIpc) is 2.62. The first-order valence-electron chi connectivity index (χ1n) is 8.49. The molecule has 138 valence electrons. The Morgan fingerprint density at radius 1 is 1.31 bits per heavy atom. The van der Waals surface area contributed by atoms with Crippen molar-refractivity contribution in [2.45, 2.75) is 26.9 Å². The van der Waals surface area contributed by atoms with Gasteiger partial charge in [-0.1, -0.05) is 25.1 Å². The van der Waals surface area contributed by atoms with Gasteiger partial charge in [0.2, 0.25) is 0 Å². The molecule has 0 atom stereocenters. The predicted molar refractivity (Wildman–Crippen MR) is 103 cm³/mol. The molecule has 6 nitrogen and oxygen atoms in total. The molecule has 26 heavy (non-hydrogen) atoms. The van der Waals surface area contributed by atoms with E-state index in [0.29, 0.717) is 30.2 Å². The van der Waals surface area contributed by atoms with Gasteiger partial charge in [0.05, 0.1) is 17.9 Å². The molecule has 1 aromatic carbocycles. The number of carbonyl (C=O) groups is 1. The van der Waals surface area contributed by atoms with Crippen LogP contribution >= 0.6 is 0 Å². The Labute approximate surface area is 154 Å². The number of nitrogens with two attached hydrogens (primary N) is 1. The third-order valence-corrected chi connectivity index (χ3v) is 3.71. The lowest BCUT2D eigenvalue weighted by atomic mass is 10.1. The number of allylic oxidation sites excluding steroid dienone is 1. The molecule has 0 aliphatic carbocycles. The van der Waals surface area contributed by atoms with Crippen molar-refractivity contribution in [3.63, 3.8) is 0 Å². The van der Waals surface area contributed by atoms with Gasteiger partial charge in [0.1, 0.15) is 18.2 Å². The van der Waals surface area contributed by atoms with E-state index in [9.17, 15) is 4.79 Å². The van der Waals surface area contributed by atoms with Gasteiger partial charge in [-0.3, -0.25) is 4.79 Å². The highest BCUT2D eigenvalue weighted by molar-refractivity contribution is 6.07. The van der Waals surface area contributed by atoms with Crippen molar-refractivity contribution >= 4 is 17.4 Å². The Kier molecular flexibility index (Phi) is 7.17. The zero-order valence-corrected chi connectivity index (χ0v) is 15.4. The van der Waals surface area contributed by atoms with Crippen molar-refractivity contribution in [3.05, 3.63) is 59.3 Å². The summed E-state index contributed by atoms with van der Waals surface area (Å²) in [7, 11) is 1.59. The maximum atomic E-state index is 12.6. The summed E-state index contributed by atoms with van der Waals surface area (Å²) in [6.07, 6.45) is 4.97. The van der Waals surface area contributed by atoms with Crippen LogP contribution in [0.25, 0.3) is 0 Å². The number of methoxy groups -OCH3 is 1. The molecule has 0 spiro atoms. The molecule has 2 rings (SSSR count). The second kappa shape index (κ2) is 9.58. The van der Waals surface area contributed by atoms with Crippen molar-refractivity contribution in [1.29, 1.82) is 0 Å². The van der Waals surface area contributed by atoms with E-state index in [1.807, 2.05) is 31.2 Å². The van der Waals surface area contributed by atoms with Crippen LogP contribution in [-0.4, -0.2) is 24.6 Å². The van der Waals surface area contributed by atoms with Crippen LogP contribution in [0, 0.1) is 6.92 Å². The van der Waals surface area contributed by atoms with Crippen LogP contribution in [0.1, 0.15) is 35.0 Å². The zero-order valence-electron chi connectivity index (χ0n) is 15.4. The van der Waals surface area contributed by atoms with Gasteiger partial charge in [0.15, 0.2) is 0 Å². The van der Waals surface area contributed by atoms with Gasteiger partial charge in [-0.2, -0.15) is 0 Å². The number of benzene rings is 1. The number of rotatable bonds is 8. The van der Waals surface area contributed by atoms with Gasteiger partial charge in [0.25, 0.3) is 5.91 Å². The molecule has 0 aliphatic heterocycles. The van der Waals surface area contributed by atoms with Crippen LogP contribution in [0.3, 0.4) is 0 Å². The topological polar surface area (TPSA) is 86.5 Å². The average molecular weight is 355 g/mol. The largest absolute Gasteiger partial charge is 0.489 e. The maximum absolute atomic E-state index is 12.6. The number of nitrogen functional groups attached to an aromatic ring is 1. The molecule has 0 radical (unpaired) electrons. The second-order valence-electron chi connectivity index (χ2n) is 5.79. The molecule has 1 heterocycles. The highest BCUT2D eigenvalue weighted by Gasteiger charge is 2.14. The number of aryl methyl sites for hydroxylation is 1. The number of hydrogen-bond donors (Lipinski definition) is 2. The zero-order chi connectivity index (χ0) is 18.9. The van der Waals surface area contributed by atoms with Crippen molar-refractivity contribution in [2.24, 2.45) is 0 Å². The summed E-state index contributed by atoms with van der Waals surface area (Å²) in [4.78, 5) is 16.8. The highest BCUT2D eigenvalue weighted by Crippen LogP contribution is 2.20. The minimum absolute atomic E-state index is 0.178. The number of hydrogen-bond acceptors (Lipinski definition) is 5. The third-order valence-electron chi connectivity index (χ3n) is 3.71. The van der Waals surface area contributed by atoms with Gasteiger partial charge >= 0.3 is 0 Å². The van der Waals surface area contributed by atoms with Crippen molar-refractivity contribution in [1.82, 2.24) is 4.98 Å². The number of nitrogens with zero attached hydrogens (tertiary/aromatic N) is 1. The van der Waals surface area contributed by atoms with Gasteiger partial charge < -0.3 is 20.5 Å². The van der Waals surface area contributed by atoms with Crippen LogP contribution in [0.4, 0.5) is 11.5 Å². The van der Waals surface area contributed by atoms with Gasteiger partial charge in [-0.05, 0) is 37.1 Å². The second-order valence-corrected chi connectivity index (χ2v) is 5.79. The van der Waals surface area contributed by atoms with Crippen LogP contribution < -0.4 is 15.8 Å². The molecule has 6 heteroatoms. The van der Waals surface area contributed by atoms with Crippen LogP contribution in [0.5, 0.6) is 5.75 Å². The fourth-order valence-corrected chi connectivity index (χ4v) is 2.37. The maximum Gasteiger partial charge on any atom is 0.259 e.